The highest BCUT2D eigenvalue weighted by atomic mass is 79.9. The van der Waals surface area contributed by atoms with Crippen molar-refractivity contribution in [3.63, 3.8) is 0 Å². The Morgan fingerprint density at radius 3 is 3.00 bits per heavy atom. The van der Waals surface area contributed by atoms with E-state index in [-0.39, 0.29) is 5.91 Å². The summed E-state index contributed by atoms with van der Waals surface area (Å²) >= 11 is 9.21. The number of hydrogen-bond donors (Lipinski definition) is 1. The van der Waals surface area contributed by atoms with Crippen LogP contribution in [0.5, 0.6) is 0 Å². The molecule has 1 amide bonds. The molecule has 3 nitrogen and oxygen atoms in total. The Morgan fingerprint density at radius 1 is 1.60 bits per heavy atom. The van der Waals surface area contributed by atoms with Crippen molar-refractivity contribution in [3.05, 3.63) is 27.7 Å². The maximum Gasteiger partial charge on any atom is 0.226 e. The second-order valence-electron chi connectivity index (χ2n) is 2.92. The minimum absolute atomic E-state index is 0.114. The fraction of sp³-hybridized carbons (Fsp3) is 0.300. The highest BCUT2D eigenvalue weighted by molar-refractivity contribution is 9.10. The van der Waals surface area contributed by atoms with E-state index in [4.69, 9.17) is 16.3 Å². The molecule has 0 bridgehead atoms. The first kappa shape index (κ1) is 12.5. The van der Waals surface area contributed by atoms with Crippen LogP contribution in [0.1, 0.15) is 6.42 Å². The van der Waals surface area contributed by atoms with Gasteiger partial charge in [-0.2, -0.15) is 0 Å². The van der Waals surface area contributed by atoms with Gasteiger partial charge in [-0.1, -0.05) is 27.5 Å². The van der Waals surface area contributed by atoms with Crippen molar-refractivity contribution < 1.29 is 9.53 Å². The molecule has 15 heavy (non-hydrogen) atoms. The number of carbonyl (C=O) groups is 1. The molecule has 0 unspecified atom stereocenters. The van der Waals surface area contributed by atoms with Gasteiger partial charge >= 0.3 is 0 Å². The quantitative estimate of drug-likeness (QED) is 0.926. The molecule has 5 heteroatoms. The maximum absolute atomic E-state index is 11.4. The fourth-order valence-corrected chi connectivity index (χ4v) is 1.53. The average molecular weight is 293 g/mol. The number of carbonyl (C=O) groups excluding carboxylic acids is 1. The average Bonchev–Trinajstić information content (AvgIpc) is 2.20. The van der Waals surface area contributed by atoms with Crippen LogP contribution in [0.25, 0.3) is 0 Å². The van der Waals surface area contributed by atoms with E-state index in [2.05, 4.69) is 21.2 Å². The summed E-state index contributed by atoms with van der Waals surface area (Å²) in [6.07, 6.45) is 0.319. The van der Waals surface area contributed by atoms with Crippen LogP contribution < -0.4 is 5.32 Å². The van der Waals surface area contributed by atoms with Gasteiger partial charge in [-0.05, 0) is 18.2 Å². The lowest BCUT2D eigenvalue weighted by molar-refractivity contribution is -0.117. The van der Waals surface area contributed by atoms with Crippen LogP contribution in [0.2, 0.25) is 5.02 Å². The minimum Gasteiger partial charge on any atom is -0.384 e. The van der Waals surface area contributed by atoms with Gasteiger partial charge in [-0.15, -0.1) is 0 Å². The number of anilines is 1. The Labute approximate surface area is 102 Å². The number of hydrogen-bond acceptors (Lipinski definition) is 2. The first-order chi connectivity index (χ1) is 7.13. The highest BCUT2D eigenvalue weighted by Gasteiger charge is 2.05. The molecule has 0 atom stereocenters. The summed E-state index contributed by atoms with van der Waals surface area (Å²) in [5, 5.41) is 3.22. The van der Waals surface area contributed by atoms with Crippen LogP contribution >= 0.6 is 27.5 Å². The third kappa shape index (κ3) is 4.20. The van der Waals surface area contributed by atoms with Gasteiger partial charge in [-0.25, -0.2) is 0 Å². The molecule has 0 saturated heterocycles. The molecule has 1 rings (SSSR count). The van der Waals surface area contributed by atoms with Crippen LogP contribution in [-0.4, -0.2) is 19.6 Å². The third-order valence-electron chi connectivity index (χ3n) is 1.74. The number of ether oxygens (including phenoxy) is 1. The molecule has 0 saturated carbocycles. The zero-order valence-electron chi connectivity index (χ0n) is 8.22. The Balaban J connectivity index is 2.63. The zero-order chi connectivity index (χ0) is 11.3. The predicted octanol–water partition coefficient (Wildman–Crippen LogP) is 3.08. The second kappa shape index (κ2) is 6.10. The monoisotopic (exact) mass is 291 g/mol. The molecule has 0 aliphatic carbocycles. The number of methoxy groups -OCH3 is 1. The molecule has 1 aromatic carbocycles. The number of nitrogens with one attached hydrogen (secondary N) is 1. The van der Waals surface area contributed by atoms with Gasteiger partial charge in [-0.3, -0.25) is 4.79 Å². The first-order valence-electron chi connectivity index (χ1n) is 4.37. The van der Waals surface area contributed by atoms with E-state index in [1.807, 2.05) is 6.07 Å². The number of benzene rings is 1. The van der Waals surface area contributed by atoms with E-state index in [0.717, 1.165) is 4.47 Å². The van der Waals surface area contributed by atoms with Crippen LogP contribution in [0, 0.1) is 0 Å². The van der Waals surface area contributed by atoms with E-state index < -0.39 is 0 Å². The van der Waals surface area contributed by atoms with Crippen LogP contribution in [-0.2, 0) is 9.53 Å². The maximum atomic E-state index is 11.4. The van der Waals surface area contributed by atoms with E-state index in [1.165, 1.54) is 0 Å². The summed E-state index contributed by atoms with van der Waals surface area (Å²) < 4.78 is 5.67. The fourth-order valence-electron chi connectivity index (χ4n) is 1.00. The number of amides is 1. The molecule has 0 aliphatic rings. The Kier molecular flexibility index (Phi) is 5.08. The van der Waals surface area contributed by atoms with Crippen LogP contribution in [0.4, 0.5) is 5.69 Å². The van der Waals surface area contributed by atoms with E-state index in [0.29, 0.717) is 23.7 Å². The van der Waals surface area contributed by atoms with Gasteiger partial charge in [0.1, 0.15) is 0 Å². The smallest absolute Gasteiger partial charge is 0.226 e. The molecular weight excluding hydrogens is 281 g/mol. The largest absolute Gasteiger partial charge is 0.384 e. The molecule has 82 valence electrons. The third-order valence-corrected chi connectivity index (χ3v) is 2.56. The highest BCUT2D eigenvalue weighted by Crippen LogP contribution is 2.25. The summed E-state index contributed by atoms with van der Waals surface area (Å²) in [5.74, 6) is -0.114. The number of halogens is 2. The molecule has 1 aromatic rings. The van der Waals surface area contributed by atoms with E-state index in [1.54, 1.807) is 19.2 Å². The van der Waals surface area contributed by atoms with Crippen molar-refractivity contribution in [1.29, 1.82) is 0 Å². The molecule has 0 fully saturated rings. The SMILES string of the molecule is COCCC(=O)Nc1cc(Br)ccc1Cl. The molecular formula is C10H11BrClNO2. The van der Waals surface area contributed by atoms with Gasteiger partial charge < -0.3 is 10.1 Å². The Hall–Kier alpha value is -0.580. The molecule has 1 N–H and O–H groups in total. The van der Waals surface area contributed by atoms with Gasteiger partial charge in [0.05, 0.1) is 23.7 Å². The number of rotatable bonds is 4. The van der Waals surface area contributed by atoms with Gasteiger partial charge in [0.15, 0.2) is 0 Å². The Bertz CT molecular complexity index is 357. The van der Waals surface area contributed by atoms with Crippen molar-refractivity contribution in [2.45, 2.75) is 6.42 Å². The molecule has 0 heterocycles. The predicted molar refractivity (Wildman–Crippen MR) is 64.3 cm³/mol. The van der Waals surface area contributed by atoms with Crippen molar-refractivity contribution in [2.24, 2.45) is 0 Å². The molecule has 0 spiro atoms. The van der Waals surface area contributed by atoms with Crippen molar-refractivity contribution >= 4 is 39.1 Å². The normalized spacial score (nSPS) is 10.1. The van der Waals surface area contributed by atoms with Gasteiger partial charge in [0.2, 0.25) is 5.91 Å². The lowest BCUT2D eigenvalue weighted by Crippen LogP contribution is -2.13. The molecule has 0 radical (unpaired) electrons. The van der Waals surface area contributed by atoms with Gasteiger partial charge in [0.25, 0.3) is 0 Å². The molecule has 0 aromatic heterocycles. The first-order valence-corrected chi connectivity index (χ1v) is 5.54. The zero-order valence-corrected chi connectivity index (χ0v) is 10.6. The van der Waals surface area contributed by atoms with Crippen LogP contribution in [0.15, 0.2) is 22.7 Å². The standard InChI is InChI=1S/C10H11BrClNO2/c1-15-5-4-10(14)13-9-6-7(11)2-3-8(9)12/h2-3,6H,4-5H2,1H3,(H,13,14). The summed E-state index contributed by atoms with van der Waals surface area (Å²) in [7, 11) is 1.55. The summed E-state index contributed by atoms with van der Waals surface area (Å²) in [5.41, 5.74) is 0.604. The van der Waals surface area contributed by atoms with Gasteiger partial charge in [0, 0.05) is 11.6 Å². The topological polar surface area (TPSA) is 38.3 Å². The summed E-state index contributed by atoms with van der Waals surface area (Å²) in [6.45, 7) is 0.400. The lowest BCUT2D eigenvalue weighted by atomic mass is 10.3. The van der Waals surface area contributed by atoms with Crippen molar-refractivity contribution in [1.82, 2.24) is 0 Å². The molecule has 0 aliphatic heterocycles. The van der Waals surface area contributed by atoms with E-state index in [9.17, 15) is 4.79 Å². The van der Waals surface area contributed by atoms with Crippen molar-refractivity contribution in [2.75, 3.05) is 19.0 Å². The van der Waals surface area contributed by atoms with Crippen LogP contribution in [0.3, 0.4) is 0 Å². The second-order valence-corrected chi connectivity index (χ2v) is 4.24. The lowest BCUT2D eigenvalue weighted by Gasteiger charge is -2.07. The summed E-state index contributed by atoms with van der Waals surface area (Å²) in [4.78, 5) is 11.4. The van der Waals surface area contributed by atoms with Crippen molar-refractivity contribution in [3.8, 4) is 0 Å². The van der Waals surface area contributed by atoms with E-state index >= 15 is 0 Å². The minimum atomic E-state index is -0.114. The Morgan fingerprint density at radius 2 is 2.33 bits per heavy atom. The summed E-state index contributed by atoms with van der Waals surface area (Å²) in [6, 6.07) is 5.29.